The van der Waals surface area contributed by atoms with E-state index in [4.69, 9.17) is 21.1 Å². The Bertz CT molecular complexity index is 1550. The molecule has 3 saturated heterocycles. The number of hydrogen-bond acceptors (Lipinski definition) is 6. The number of amides is 2. The second-order valence-electron chi connectivity index (χ2n) is 12.1. The van der Waals surface area contributed by atoms with Gasteiger partial charge in [-0.1, -0.05) is 67.9 Å². The van der Waals surface area contributed by atoms with Crippen molar-refractivity contribution >= 4 is 64.1 Å². The molecule has 10 heteroatoms. The molecule has 0 aliphatic carbocycles. The summed E-state index contributed by atoms with van der Waals surface area (Å²) >= 11 is 8.56. The van der Waals surface area contributed by atoms with Gasteiger partial charge in [0.2, 0.25) is 5.91 Å². The molecule has 3 heterocycles. The standard InChI is InChI=1S/C33H33ClIN3O5/c1-33(2)17-26(28-29-30(43-29)31(33)38(28)35)42-32(41)37-25-16-19(11-13-22(25)21-8-4-3-5-9-21)7-6-10-27(40)36-24-14-12-20(18-39)15-23(24)34/h3-5,8-9,11-16,18,26,28-31H,6-7,10,17H2,1-2H3,(H,36,40)(H,37,41). The number of piperidine rings is 1. The summed E-state index contributed by atoms with van der Waals surface area (Å²) in [5, 5.41) is 6.16. The Kier molecular flexibility index (Phi) is 8.52. The summed E-state index contributed by atoms with van der Waals surface area (Å²) in [5.74, 6) is -0.167. The quantitative estimate of drug-likeness (QED) is 0.105. The van der Waals surface area contributed by atoms with Crippen LogP contribution in [0, 0.1) is 5.41 Å². The van der Waals surface area contributed by atoms with E-state index in [1.807, 2.05) is 48.5 Å². The number of anilines is 2. The fourth-order valence-electron chi connectivity index (χ4n) is 6.52. The van der Waals surface area contributed by atoms with Crippen LogP contribution in [0.2, 0.25) is 5.02 Å². The van der Waals surface area contributed by atoms with E-state index in [9.17, 15) is 14.4 Å². The largest absolute Gasteiger partial charge is 0.444 e. The van der Waals surface area contributed by atoms with Crippen LogP contribution in [0.25, 0.3) is 11.1 Å². The number of rotatable bonds is 9. The number of fused-ring (bicyclic) bond motifs is 5. The molecular formula is C33H33ClIN3O5. The van der Waals surface area contributed by atoms with E-state index < -0.39 is 6.09 Å². The monoisotopic (exact) mass is 713 g/mol. The molecule has 2 amide bonds. The third-order valence-electron chi connectivity index (χ3n) is 8.61. The van der Waals surface area contributed by atoms with E-state index in [0.717, 1.165) is 23.1 Å². The molecule has 0 radical (unpaired) electrons. The first-order valence-electron chi connectivity index (χ1n) is 14.4. The van der Waals surface area contributed by atoms with E-state index >= 15 is 0 Å². The van der Waals surface area contributed by atoms with E-state index in [2.05, 4.69) is 50.5 Å². The van der Waals surface area contributed by atoms with E-state index in [0.29, 0.717) is 47.1 Å². The Morgan fingerprint density at radius 2 is 1.86 bits per heavy atom. The van der Waals surface area contributed by atoms with Crippen molar-refractivity contribution in [3.05, 3.63) is 82.9 Å². The third-order valence-corrected chi connectivity index (χ3v) is 10.2. The normalized spacial score (nSPS) is 25.0. The zero-order valence-corrected chi connectivity index (χ0v) is 26.8. The van der Waals surface area contributed by atoms with Crippen LogP contribution in [0.15, 0.2) is 66.7 Å². The molecule has 0 saturated carbocycles. The van der Waals surface area contributed by atoms with Gasteiger partial charge in [0.05, 0.1) is 28.5 Å². The van der Waals surface area contributed by atoms with Crippen molar-refractivity contribution in [1.29, 1.82) is 0 Å². The maximum absolute atomic E-state index is 13.4. The highest BCUT2D eigenvalue weighted by atomic mass is 127. The summed E-state index contributed by atoms with van der Waals surface area (Å²) in [6, 6.07) is 21.0. The Morgan fingerprint density at radius 1 is 1.07 bits per heavy atom. The van der Waals surface area contributed by atoms with Crippen LogP contribution < -0.4 is 10.6 Å². The highest BCUT2D eigenvalue weighted by Crippen LogP contribution is 2.57. The van der Waals surface area contributed by atoms with Gasteiger partial charge in [-0.2, -0.15) is 0 Å². The summed E-state index contributed by atoms with van der Waals surface area (Å²) in [4.78, 5) is 36.9. The van der Waals surface area contributed by atoms with E-state index in [-0.39, 0.29) is 42.1 Å². The highest BCUT2D eigenvalue weighted by Gasteiger charge is 2.70. The number of benzene rings is 3. The van der Waals surface area contributed by atoms with Crippen molar-refractivity contribution in [1.82, 2.24) is 3.11 Å². The fourth-order valence-corrected chi connectivity index (χ4v) is 8.50. The first kappa shape index (κ1) is 30.1. The molecule has 43 heavy (non-hydrogen) atoms. The van der Waals surface area contributed by atoms with Crippen molar-refractivity contribution < 1.29 is 23.9 Å². The van der Waals surface area contributed by atoms with Gasteiger partial charge in [0, 0.05) is 40.4 Å². The molecule has 2 N–H and O–H groups in total. The summed E-state index contributed by atoms with van der Waals surface area (Å²) < 4.78 is 14.3. The average molecular weight is 714 g/mol. The minimum absolute atomic E-state index is 0.0374. The molecule has 2 bridgehead atoms. The summed E-state index contributed by atoms with van der Waals surface area (Å²) in [6.45, 7) is 4.43. The first-order chi connectivity index (χ1) is 20.6. The molecule has 8 nitrogen and oxygen atoms in total. The zero-order chi connectivity index (χ0) is 30.3. The van der Waals surface area contributed by atoms with Gasteiger partial charge in [0.1, 0.15) is 24.6 Å². The number of nitrogens with zero attached hydrogens (tertiary/aromatic N) is 1. The van der Waals surface area contributed by atoms with E-state index in [1.54, 1.807) is 12.1 Å². The van der Waals surface area contributed by atoms with Crippen molar-refractivity contribution in [2.45, 2.75) is 69.9 Å². The molecule has 5 atom stereocenters. The number of aldehydes is 1. The van der Waals surface area contributed by atoms with Crippen molar-refractivity contribution in [2.75, 3.05) is 10.6 Å². The van der Waals surface area contributed by atoms with Crippen LogP contribution in [0.3, 0.4) is 0 Å². The van der Waals surface area contributed by atoms with Gasteiger partial charge in [0.15, 0.2) is 0 Å². The summed E-state index contributed by atoms with van der Waals surface area (Å²) in [5.41, 5.74) is 4.39. The molecule has 0 spiro atoms. The van der Waals surface area contributed by atoms with Gasteiger partial charge in [-0.3, -0.25) is 14.9 Å². The van der Waals surface area contributed by atoms with Crippen molar-refractivity contribution in [3.8, 4) is 11.1 Å². The predicted octanol–water partition coefficient (Wildman–Crippen LogP) is 7.30. The number of carbonyl (C=O) groups is 3. The smallest absolute Gasteiger partial charge is 0.411 e. The van der Waals surface area contributed by atoms with Gasteiger partial charge in [-0.05, 0) is 60.1 Å². The fraction of sp³-hybridized carbons (Fsp3) is 0.364. The van der Waals surface area contributed by atoms with Crippen LogP contribution >= 0.6 is 34.5 Å². The second-order valence-corrected chi connectivity index (χ2v) is 13.6. The molecule has 224 valence electrons. The molecule has 3 aliphatic heterocycles. The van der Waals surface area contributed by atoms with Crippen LogP contribution in [-0.2, 0) is 20.7 Å². The minimum atomic E-state index is -0.487. The number of carbonyl (C=O) groups excluding carboxylic acids is 3. The van der Waals surface area contributed by atoms with Crippen LogP contribution in [0.5, 0.6) is 0 Å². The van der Waals surface area contributed by atoms with Crippen LogP contribution in [0.4, 0.5) is 16.2 Å². The minimum Gasteiger partial charge on any atom is -0.444 e. The molecule has 6 rings (SSSR count). The lowest BCUT2D eigenvalue weighted by Crippen LogP contribution is -2.56. The Morgan fingerprint density at radius 3 is 2.60 bits per heavy atom. The topological polar surface area (TPSA) is 100 Å². The van der Waals surface area contributed by atoms with Gasteiger partial charge in [-0.25, -0.2) is 7.91 Å². The number of hydrogen-bond donors (Lipinski definition) is 2. The van der Waals surface area contributed by atoms with Gasteiger partial charge < -0.3 is 14.8 Å². The first-order valence-corrected chi connectivity index (χ1v) is 15.8. The van der Waals surface area contributed by atoms with Gasteiger partial charge in [-0.15, -0.1) is 0 Å². The number of aryl methyl sites for hydroxylation is 1. The van der Waals surface area contributed by atoms with Crippen molar-refractivity contribution in [3.63, 3.8) is 0 Å². The highest BCUT2D eigenvalue weighted by molar-refractivity contribution is 14.1. The lowest BCUT2D eigenvalue weighted by molar-refractivity contribution is -0.116. The number of halogens is 2. The van der Waals surface area contributed by atoms with Gasteiger partial charge in [0.25, 0.3) is 0 Å². The number of morpholine rings is 1. The maximum atomic E-state index is 13.4. The predicted molar refractivity (Wildman–Crippen MR) is 175 cm³/mol. The van der Waals surface area contributed by atoms with Crippen LogP contribution in [0.1, 0.15) is 49.0 Å². The maximum Gasteiger partial charge on any atom is 0.411 e. The molecule has 5 unspecified atom stereocenters. The SMILES string of the molecule is CC1(C)CC(OC(=O)Nc2cc(CCCC(=O)Nc3ccc(C=O)cc3Cl)ccc2-c2ccccc2)C2C3OC3C1N2I. The molecular weight excluding hydrogens is 681 g/mol. The van der Waals surface area contributed by atoms with Crippen LogP contribution in [-0.4, -0.2) is 51.8 Å². The molecule has 3 aliphatic rings. The third kappa shape index (κ3) is 6.31. The zero-order valence-electron chi connectivity index (χ0n) is 23.9. The van der Waals surface area contributed by atoms with E-state index in [1.165, 1.54) is 6.07 Å². The molecule has 3 fully saturated rings. The molecule has 3 aromatic carbocycles. The van der Waals surface area contributed by atoms with Crippen molar-refractivity contribution in [2.24, 2.45) is 5.41 Å². The Balaban J connectivity index is 1.12. The van der Waals surface area contributed by atoms with Gasteiger partial charge >= 0.3 is 6.09 Å². The lowest BCUT2D eigenvalue weighted by atomic mass is 9.77. The summed E-state index contributed by atoms with van der Waals surface area (Å²) in [6.07, 6.45) is 2.58. The Labute approximate surface area is 269 Å². The lowest BCUT2D eigenvalue weighted by Gasteiger charge is -2.46. The molecule has 3 aromatic rings. The second kappa shape index (κ2) is 12.2. The number of epoxide rings is 1. The molecule has 0 aromatic heterocycles. The number of ether oxygens (including phenoxy) is 2. The summed E-state index contributed by atoms with van der Waals surface area (Å²) in [7, 11) is 0. The number of nitrogens with one attached hydrogen (secondary N) is 2. The Hall–Kier alpha value is -2.99. The average Bonchev–Trinajstić information content (AvgIpc) is 3.68.